The number of nitrogens with zero attached hydrogens (tertiary/aromatic N) is 2. The summed E-state index contributed by atoms with van der Waals surface area (Å²) in [6, 6.07) is 10.2. The molecule has 0 saturated carbocycles. The van der Waals surface area contributed by atoms with Crippen LogP contribution < -0.4 is 15.4 Å². The average Bonchev–Trinajstić information content (AvgIpc) is 2.44. The molecule has 2 N–H and O–H groups in total. The SMILES string of the molecule is COc1ccccc1CNc1cc(C)nc(NC(C)C)n1. The number of hydrogen-bond donors (Lipinski definition) is 2. The van der Waals surface area contributed by atoms with Crippen LogP contribution >= 0.6 is 0 Å². The monoisotopic (exact) mass is 286 g/mol. The molecule has 0 aliphatic heterocycles. The highest BCUT2D eigenvalue weighted by atomic mass is 16.5. The lowest BCUT2D eigenvalue weighted by Crippen LogP contribution is -2.14. The fourth-order valence-corrected chi connectivity index (χ4v) is 2.02. The van der Waals surface area contributed by atoms with Crippen LogP contribution in [0.5, 0.6) is 5.75 Å². The summed E-state index contributed by atoms with van der Waals surface area (Å²) >= 11 is 0. The van der Waals surface area contributed by atoms with Gasteiger partial charge in [0.2, 0.25) is 5.95 Å². The first kappa shape index (κ1) is 15.1. The van der Waals surface area contributed by atoms with Crippen molar-refractivity contribution in [3.63, 3.8) is 0 Å². The lowest BCUT2D eigenvalue weighted by atomic mass is 10.2. The molecule has 1 heterocycles. The minimum absolute atomic E-state index is 0.300. The zero-order valence-electron chi connectivity index (χ0n) is 13.0. The number of aryl methyl sites for hydroxylation is 1. The van der Waals surface area contributed by atoms with Crippen LogP contribution in [0.15, 0.2) is 30.3 Å². The molecule has 0 bridgehead atoms. The van der Waals surface area contributed by atoms with Gasteiger partial charge in [-0.25, -0.2) is 4.98 Å². The number of anilines is 2. The van der Waals surface area contributed by atoms with Gasteiger partial charge in [-0.2, -0.15) is 4.98 Å². The minimum atomic E-state index is 0.300. The van der Waals surface area contributed by atoms with E-state index in [4.69, 9.17) is 4.74 Å². The van der Waals surface area contributed by atoms with Crippen molar-refractivity contribution in [2.24, 2.45) is 0 Å². The molecule has 1 aromatic carbocycles. The number of ether oxygens (including phenoxy) is 1. The van der Waals surface area contributed by atoms with E-state index in [1.165, 1.54) is 0 Å². The van der Waals surface area contributed by atoms with Crippen LogP contribution in [0.1, 0.15) is 25.1 Å². The van der Waals surface area contributed by atoms with Crippen LogP contribution in [0.2, 0.25) is 0 Å². The summed E-state index contributed by atoms with van der Waals surface area (Å²) in [4.78, 5) is 8.85. The van der Waals surface area contributed by atoms with Gasteiger partial charge in [-0.15, -0.1) is 0 Å². The Labute approximate surface area is 125 Å². The Hall–Kier alpha value is -2.30. The van der Waals surface area contributed by atoms with Gasteiger partial charge in [0, 0.05) is 29.9 Å². The molecule has 0 atom stereocenters. The van der Waals surface area contributed by atoms with E-state index in [0.29, 0.717) is 18.5 Å². The standard InChI is InChI=1S/C16H22N4O/c1-11(2)18-16-19-12(3)9-15(20-16)17-10-13-7-5-6-8-14(13)21-4/h5-9,11H,10H2,1-4H3,(H2,17,18,19,20). The topological polar surface area (TPSA) is 59.1 Å². The van der Waals surface area contributed by atoms with Crippen molar-refractivity contribution < 1.29 is 4.74 Å². The number of para-hydroxylation sites is 1. The molecule has 112 valence electrons. The van der Waals surface area contributed by atoms with Crippen molar-refractivity contribution in [1.82, 2.24) is 9.97 Å². The highest BCUT2D eigenvalue weighted by molar-refractivity contribution is 5.44. The normalized spacial score (nSPS) is 10.5. The van der Waals surface area contributed by atoms with Crippen LogP contribution in [0, 0.1) is 6.92 Å². The van der Waals surface area contributed by atoms with Gasteiger partial charge in [-0.3, -0.25) is 0 Å². The van der Waals surface area contributed by atoms with Crippen molar-refractivity contribution in [2.45, 2.75) is 33.4 Å². The molecule has 2 rings (SSSR count). The van der Waals surface area contributed by atoms with E-state index in [2.05, 4.69) is 34.4 Å². The fourth-order valence-electron chi connectivity index (χ4n) is 2.02. The lowest BCUT2D eigenvalue weighted by Gasteiger charge is -2.13. The van der Waals surface area contributed by atoms with Crippen molar-refractivity contribution >= 4 is 11.8 Å². The third-order valence-corrected chi connectivity index (χ3v) is 2.92. The van der Waals surface area contributed by atoms with E-state index in [1.54, 1.807) is 7.11 Å². The zero-order valence-corrected chi connectivity index (χ0v) is 13.0. The summed E-state index contributed by atoms with van der Waals surface area (Å²) in [5.41, 5.74) is 2.02. The summed E-state index contributed by atoms with van der Waals surface area (Å²) in [5.74, 6) is 2.32. The number of rotatable bonds is 6. The summed E-state index contributed by atoms with van der Waals surface area (Å²) in [5, 5.41) is 6.54. The zero-order chi connectivity index (χ0) is 15.2. The number of aromatic nitrogens is 2. The van der Waals surface area contributed by atoms with E-state index in [9.17, 15) is 0 Å². The van der Waals surface area contributed by atoms with E-state index >= 15 is 0 Å². The van der Waals surface area contributed by atoms with Crippen LogP contribution in [0.25, 0.3) is 0 Å². The fraction of sp³-hybridized carbons (Fsp3) is 0.375. The second kappa shape index (κ2) is 6.92. The van der Waals surface area contributed by atoms with Crippen molar-refractivity contribution in [3.05, 3.63) is 41.6 Å². The molecular weight excluding hydrogens is 264 g/mol. The Balaban J connectivity index is 2.10. The number of hydrogen-bond acceptors (Lipinski definition) is 5. The van der Waals surface area contributed by atoms with Gasteiger partial charge in [0.15, 0.2) is 0 Å². The number of methoxy groups -OCH3 is 1. The molecule has 5 nitrogen and oxygen atoms in total. The van der Waals surface area contributed by atoms with Crippen molar-refractivity contribution in [2.75, 3.05) is 17.7 Å². The highest BCUT2D eigenvalue weighted by Crippen LogP contribution is 2.19. The maximum Gasteiger partial charge on any atom is 0.225 e. The molecule has 0 radical (unpaired) electrons. The molecule has 0 saturated heterocycles. The molecule has 5 heteroatoms. The van der Waals surface area contributed by atoms with Crippen molar-refractivity contribution in [1.29, 1.82) is 0 Å². The van der Waals surface area contributed by atoms with Crippen LogP contribution in [0.4, 0.5) is 11.8 Å². The maximum atomic E-state index is 5.35. The van der Waals surface area contributed by atoms with E-state index in [-0.39, 0.29) is 0 Å². The number of nitrogens with one attached hydrogen (secondary N) is 2. The summed E-state index contributed by atoms with van der Waals surface area (Å²) in [7, 11) is 1.68. The molecule has 0 aliphatic carbocycles. The van der Waals surface area contributed by atoms with Gasteiger partial charge in [-0.05, 0) is 26.8 Å². The molecule has 0 unspecified atom stereocenters. The van der Waals surface area contributed by atoms with Crippen molar-refractivity contribution in [3.8, 4) is 5.75 Å². The Morgan fingerprint density at radius 2 is 1.95 bits per heavy atom. The molecule has 0 amide bonds. The molecule has 21 heavy (non-hydrogen) atoms. The Morgan fingerprint density at radius 3 is 2.67 bits per heavy atom. The Morgan fingerprint density at radius 1 is 1.19 bits per heavy atom. The van der Waals surface area contributed by atoms with Gasteiger partial charge in [0.05, 0.1) is 7.11 Å². The van der Waals surface area contributed by atoms with Gasteiger partial charge >= 0.3 is 0 Å². The molecular formula is C16H22N4O. The molecule has 1 aromatic heterocycles. The van der Waals surface area contributed by atoms with Crippen LogP contribution in [-0.2, 0) is 6.54 Å². The largest absolute Gasteiger partial charge is 0.496 e. The third-order valence-electron chi connectivity index (χ3n) is 2.92. The van der Waals surface area contributed by atoms with E-state index < -0.39 is 0 Å². The maximum absolute atomic E-state index is 5.35. The summed E-state index contributed by atoms with van der Waals surface area (Å²) in [6.07, 6.45) is 0. The summed E-state index contributed by atoms with van der Waals surface area (Å²) < 4.78 is 5.35. The van der Waals surface area contributed by atoms with Crippen LogP contribution in [-0.4, -0.2) is 23.1 Å². The minimum Gasteiger partial charge on any atom is -0.496 e. The summed E-state index contributed by atoms with van der Waals surface area (Å²) in [6.45, 7) is 6.74. The van der Waals surface area contributed by atoms with Crippen LogP contribution in [0.3, 0.4) is 0 Å². The van der Waals surface area contributed by atoms with Gasteiger partial charge < -0.3 is 15.4 Å². The first-order valence-corrected chi connectivity index (χ1v) is 7.06. The second-order valence-corrected chi connectivity index (χ2v) is 5.18. The van der Waals surface area contributed by atoms with Gasteiger partial charge in [-0.1, -0.05) is 18.2 Å². The molecule has 0 spiro atoms. The predicted octanol–water partition coefficient (Wildman–Crippen LogP) is 3.23. The van der Waals surface area contributed by atoms with E-state index in [0.717, 1.165) is 22.8 Å². The molecule has 0 aliphatic rings. The predicted molar refractivity (Wildman–Crippen MR) is 85.8 cm³/mol. The molecule has 2 aromatic rings. The second-order valence-electron chi connectivity index (χ2n) is 5.18. The highest BCUT2D eigenvalue weighted by Gasteiger charge is 2.05. The third kappa shape index (κ3) is 4.34. The van der Waals surface area contributed by atoms with E-state index in [1.807, 2.05) is 37.3 Å². The number of benzene rings is 1. The van der Waals surface area contributed by atoms with Gasteiger partial charge in [0.1, 0.15) is 11.6 Å². The smallest absolute Gasteiger partial charge is 0.225 e. The lowest BCUT2D eigenvalue weighted by molar-refractivity contribution is 0.410. The Kier molecular flexibility index (Phi) is 4.98. The molecule has 0 fully saturated rings. The Bertz CT molecular complexity index is 599. The average molecular weight is 286 g/mol. The quantitative estimate of drug-likeness (QED) is 0.854. The first-order chi connectivity index (χ1) is 10.1. The van der Waals surface area contributed by atoms with Gasteiger partial charge in [0.25, 0.3) is 0 Å². The first-order valence-electron chi connectivity index (χ1n) is 7.06.